The third-order valence-corrected chi connectivity index (χ3v) is 6.28. The summed E-state index contributed by atoms with van der Waals surface area (Å²) in [6.07, 6.45) is 3.20. The molecule has 5 rings (SSSR count). The van der Waals surface area contributed by atoms with Crippen LogP contribution in [0.4, 0.5) is 5.69 Å². The molecule has 2 N–H and O–H groups in total. The minimum Gasteiger partial charge on any atom is -0.342 e. The smallest absolute Gasteiger partial charge is 0.238 e. The molecule has 1 saturated heterocycles. The molecule has 7 heteroatoms. The van der Waals surface area contributed by atoms with Crippen molar-refractivity contribution in [2.24, 2.45) is 13.0 Å². The van der Waals surface area contributed by atoms with E-state index >= 15 is 0 Å². The molecule has 160 valence electrons. The van der Waals surface area contributed by atoms with Crippen molar-refractivity contribution in [1.82, 2.24) is 24.4 Å². The lowest BCUT2D eigenvalue weighted by molar-refractivity contribution is -0.117. The van der Waals surface area contributed by atoms with Crippen LogP contribution in [0.1, 0.15) is 24.5 Å². The van der Waals surface area contributed by atoms with E-state index in [2.05, 4.69) is 30.8 Å². The number of likely N-dealkylation sites (tertiary alicyclic amines) is 1. The van der Waals surface area contributed by atoms with Gasteiger partial charge in [-0.3, -0.25) is 9.69 Å². The summed E-state index contributed by atoms with van der Waals surface area (Å²) in [5.41, 5.74) is 4.88. The summed E-state index contributed by atoms with van der Waals surface area (Å²) in [4.78, 5) is 27.6. The molecule has 31 heavy (non-hydrogen) atoms. The predicted molar refractivity (Wildman–Crippen MR) is 123 cm³/mol. The Labute approximate surface area is 181 Å². The predicted octanol–water partition coefficient (Wildman–Crippen LogP) is 3.65. The van der Waals surface area contributed by atoms with Crippen molar-refractivity contribution in [1.29, 1.82) is 0 Å². The minimum atomic E-state index is 0.0244. The molecule has 1 aliphatic rings. The van der Waals surface area contributed by atoms with Crippen LogP contribution in [0.2, 0.25) is 0 Å². The third-order valence-electron chi connectivity index (χ3n) is 6.28. The summed E-state index contributed by atoms with van der Waals surface area (Å²) in [6, 6.07) is 14.0. The highest BCUT2D eigenvalue weighted by atomic mass is 16.2. The number of rotatable bonds is 5. The second-order valence-corrected chi connectivity index (χ2v) is 8.62. The second kappa shape index (κ2) is 8.15. The SMILES string of the molecule is Cc1nc2cc(NC(=O)CN3CCC[C@H](Cc4nc5ccccc5[nH]4)C3)ccc2n1C. The standard InChI is InChI=1S/C24H28N6O/c1-16-25-21-13-18(9-10-22(21)29(16)2)26-24(31)15-30-11-5-6-17(14-30)12-23-27-19-7-3-4-8-20(19)28-23/h3-4,7-10,13,17H,5-6,11-12,14-15H2,1-2H3,(H,26,31)(H,27,28)/t17-/m1/s1. The molecule has 0 radical (unpaired) electrons. The number of hydrogen-bond acceptors (Lipinski definition) is 4. The summed E-state index contributed by atoms with van der Waals surface area (Å²) in [7, 11) is 2.00. The van der Waals surface area contributed by atoms with Gasteiger partial charge in [-0.25, -0.2) is 9.97 Å². The minimum absolute atomic E-state index is 0.0244. The number of hydrogen-bond donors (Lipinski definition) is 2. The highest BCUT2D eigenvalue weighted by Gasteiger charge is 2.23. The van der Waals surface area contributed by atoms with Gasteiger partial charge in [-0.15, -0.1) is 0 Å². The Kier molecular flexibility index (Phi) is 5.19. The molecule has 1 fully saturated rings. The van der Waals surface area contributed by atoms with E-state index in [1.807, 2.05) is 50.4 Å². The Bertz CT molecular complexity index is 1210. The first kappa shape index (κ1) is 19.8. The number of anilines is 1. The van der Waals surface area contributed by atoms with Crippen molar-refractivity contribution in [2.45, 2.75) is 26.2 Å². The molecule has 1 atom stereocenters. The number of aromatic amines is 1. The number of piperidine rings is 1. The van der Waals surface area contributed by atoms with E-state index in [1.165, 1.54) is 6.42 Å². The number of nitrogens with one attached hydrogen (secondary N) is 2. The lowest BCUT2D eigenvalue weighted by atomic mass is 9.94. The topological polar surface area (TPSA) is 78.8 Å². The van der Waals surface area contributed by atoms with E-state index in [0.29, 0.717) is 12.5 Å². The molecule has 0 unspecified atom stereocenters. The lowest BCUT2D eigenvalue weighted by Gasteiger charge is -2.31. The van der Waals surface area contributed by atoms with Crippen LogP contribution in [-0.2, 0) is 18.3 Å². The average molecular weight is 417 g/mol. The molecule has 0 bridgehead atoms. The third kappa shape index (κ3) is 4.18. The van der Waals surface area contributed by atoms with Crippen molar-refractivity contribution >= 4 is 33.7 Å². The summed E-state index contributed by atoms with van der Waals surface area (Å²) in [5.74, 6) is 2.53. The number of amides is 1. The van der Waals surface area contributed by atoms with Crippen LogP contribution < -0.4 is 5.32 Å². The zero-order valence-corrected chi connectivity index (χ0v) is 18.1. The normalized spacial score (nSPS) is 17.4. The van der Waals surface area contributed by atoms with E-state index < -0.39 is 0 Å². The van der Waals surface area contributed by atoms with Crippen molar-refractivity contribution in [3.05, 3.63) is 54.1 Å². The van der Waals surface area contributed by atoms with Gasteiger partial charge in [0.05, 0.1) is 28.6 Å². The number of benzene rings is 2. The van der Waals surface area contributed by atoms with Gasteiger partial charge in [0, 0.05) is 25.7 Å². The molecule has 0 saturated carbocycles. The number of carbonyl (C=O) groups is 1. The molecular formula is C24H28N6O. The van der Waals surface area contributed by atoms with E-state index in [-0.39, 0.29) is 5.91 Å². The maximum Gasteiger partial charge on any atom is 0.238 e. The quantitative estimate of drug-likeness (QED) is 0.521. The molecule has 4 aromatic rings. The first-order chi connectivity index (χ1) is 15.0. The number of para-hydroxylation sites is 2. The average Bonchev–Trinajstić information content (AvgIpc) is 3.27. The van der Waals surface area contributed by atoms with Crippen molar-refractivity contribution in [3.63, 3.8) is 0 Å². The van der Waals surface area contributed by atoms with Crippen molar-refractivity contribution < 1.29 is 4.79 Å². The number of nitrogens with zero attached hydrogens (tertiary/aromatic N) is 4. The maximum atomic E-state index is 12.7. The van der Waals surface area contributed by atoms with E-state index in [0.717, 1.165) is 65.3 Å². The summed E-state index contributed by atoms with van der Waals surface area (Å²) in [6.45, 7) is 4.28. The van der Waals surface area contributed by atoms with Gasteiger partial charge < -0.3 is 14.9 Å². The van der Waals surface area contributed by atoms with Crippen LogP contribution in [0.25, 0.3) is 22.1 Å². The molecule has 1 amide bonds. The van der Waals surface area contributed by atoms with Crippen LogP contribution in [0.3, 0.4) is 0 Å². The van der Waals surface area contributed by atoms with Crippen LogP contribution in [0.15, 0.2) is 42.5 Å². The number of aromatic nitrogens is 4. The Hall–Kier alpha value is -3.19. The largest absolute Gasteiger partial charge is 0.342 e. The fraction of sp³-hybridized carbons (Fsp3) is 0.375. The van der Waals surface area contributed by atoms with Gasteiger partial charge in [0.2, 0.25) is 5.91 Å². The highest BCUT2D eigenvalue weighted by molar-refractivity contribution is 5.94. The molecule has 2 aromatic carbocycles. The van der Waals surface area contributed by atoms with Gasteiger partial charge in [0.25, 0.3) is 0 Å². The summed E-state index contributed by atoms with van der Waals surface area (Å²) in [5, 5.41) is 3.04. The van der Waals surface area contributed by atoms with Gasteiger partial charge >= 0.3 is 0 Å². The number of imidazole rings is 2. The Balaban J connectivity index is 1.19. The molecule has 0 aliphatic carbocycles. The Morgan fingerprint density at radius 1 is 1.19 bits per heavy atom. The van der Waals surface area contributed by atoms with E-state index in [4.69, 9.17) is 4.98 Å². The van der Waals surface area contributed by atoms with Crippen molar-refractivity contribution in [3.8, 4) is 0 Å². The first-order valence-corrected chi connectivity index (χ1v) is 10.9. The second-order valence-electron chi connectivity index (χ2n) is 8.62. The number of fused-ring (bicyclic) bond motifs is 2. The van der Waals surface area contributed by atoms with Gasteiger partial charge in [0.15, 0.2) is 0 Å². The molecular weight excluding hydrogens is 388 g/mol. The summed E-state index contributed by atoms with van der Waals surface area (Å²) < 4.78 is 2.05. The van der Waals surface area contributed by atoms with Crippen LogP contribution in [0, 0.1) is 12.8 Å². The summed E-state index contributed by atoms with van der Waals surface area (Å²) >= 11 is 0. The number of H-pyrrole nitrogens is 1. The zero-order valence-electron chi connectivity index (χ0n) is 18.1. The fourth-order valence-corrected chi connectivity index (χ4v) is 4.64. The molecule has 3 heterocycles. The van der Waals surface area contributed by atoms with Gasteiger partial charge in [-0.05, 0) is 62.6 Å². The molecule has 7 nitrogen and oxygen atoms in total. The van der Waals surface area contributed by atoms with Crippen LogP contribution in [0.5, 0.6) is 0 Å². The van der Waals surface area contributed by atoms with Gasteiger partial charge in [-0.1, -0.05) is 12.1 Å². The van der Waals surface area contributed by atoms with Gasteiger partial charge in [0.1, 0.15) is 11.6 Å². The van der Waals surface area contributed by atoms with Crippen LogP contribution >= 0.6 is 0 Å². The highest BCUT2D eigenvalue weighted by Crippen LogP contribution is 2.22. The van der Waals surface area contributed by atoms with Gasteiger partial charge in [-0.2, -0.15) is 0 Å². The molecule has 1 aliphatic heterocycles. The Morgan fingerprint density at radius 3 is 2.94 bits per heavy atom. The molecule has 2 aromatic heterocycles. The number of aryl methyl sites for hydroxylation is 2. The first-order valence-electron chi connectivity index (χ1n) is 10.9. The lowest BCUT2D eigenvalue weighted by Crippen LogP contribution is -2.41. The zero-order chi connectivity index (χ0) is 21.4. The van der Waals surface area contributed by atoms with E-state index in [1.54, 1.807) is 0 Å². The van der Waals surface area contributed by atoms with Crippen molar-refractivity contribution in [2.75, 3.05) is 25.0 Å². The van der Waals surface area contributed by atoms with E-state index in [9.17, 15) is 4.79 Å². The fourth-order valence-electron chi connectivity index (χ4n) is 4.64. The maximum absolute atomic E-state index is 12.7. The van der Waals surface area contributed by atoms with Crippen LogP contribution in [-0.4, -0.2) is 50.0 Å². The Morgan fingerprint density at radius 2 is 2.06 bits per heavy atom. The molecule has 0 spiro atoms. The monoisotopic (exact) mass is 416 g/mol. The number of carbonyl (C=O) groups excluding carboxylic acids is 1.